The third-order valence-electron chi connectivity index (χ3n) is 5.21. The van der Waals surface area contributed by atoms with Crippen molar-refractivity contribution in [1.29, 1.82) is 0 Å². The molecule has 0 spiro atoms. The van der Waals surface area contributed by atoms with E-state index >= 15 is 0 Å². The summed E-state index contributed by atoms with van der Waals surface area (Å²) in [6.45, 7) is -1.38. The molecule has 34 heavy (non-hydrogen) atoms. The molecule has 0 radical (unpaired) electrons. The average Bonchev–Trinajstić information content (AvgIpc) is 3.40. The van der Waals surface area contributed by atoms with Crippen molar-refractivity contribution in [1.82, 2.24) is 14.8 Å². The second kappa shape index (κ2) is 8.52. The number of aliphatic hydroxyl groups is 1. The van der Waals surface area contributed by atoms with Crippen LogP contribution in [0.5, 0.6) is 0 Å². The van der Waals surface area contributed by atoms with Crippen LogP contribution in [-0.4, -0.2) is 38.6 Å². The second-order valence-corrected chi connectivity index (χ2v) is 7.45. The Morgan fingerprint density at radius 2 is 1.76 bits per heavy atom. The summed E-state index contributed by atoms with van der Waals surface area (Å²) < 4.78 is 78.5. The predicted octanol–water partition coefficient (Wildman–Crippen LogP) is 5.15. The number of H-pyrrole nitrogens is 1. The lowest BCUT2D eigenvalue weighted by molar-refractivity contribution is -0.186. The summed E-state index contributed by atoms with van der Waals surface area (Å²) in [5.41, 5.74) is 1.45. The van der Waals surface area contributed by atoms with E-state index in [1.54, 1.807) is 24.4 Å². The molecule has 0 aliphatic carbocycles. The van der Waals surface area contributed by atoms with Gasteiger partial charge in [0.1, 0.15) is 0 Å². The lowest BCUT2D eigenvalue weighted by Crippen LogP contribution is -2.37. The summed E-state index contributed by atoms with van der Waals surface area (Å²) in [7, 11) is 0. The Morgan fingerprint density at radius 1 is 1.06 bits per heavy atom. The molecule has 2 aromatic carbocycles. The summed E-state index contributed by atoms with van der Waals surface area (Å²) in [5.74, 6) is -3.96. The lowest BCUT2D eigenvalue weighted by atomic mass is 10.1. The molecule has 0 saturated carbocycles. The zero-order chi connectivity index (χ0) is 24.7. The Morgan fingerprint density at radius 3 is 2.38 bits per heavy atom. The van der Waals surface area contributed by atoms with Gasteiger partial charge in [0.05, 0.1) is 29.7 Å². The maximum absolute atomic E-state index is 12.9. The standard InChI is InChI=1S/C22H16F6N4O2/c23-21(24,25)14-2-4-15(5-3-14)32-10-13(8-30-32)12-1-6-18-16(7-12)19(9-29-18)31-20(34)17(11-33)22(26,27)28/h1-10,17,29,33H,11H2,(H,31,34). The Bertz CT molecular complexity index is 1320. The fraction of sp³-hybridized carbons (Fsp3) is 0.182. The molecule has 0 aliphatic heterocycles. The molecule has 4 aromatic rings. The van der Waals surface area contributed by atoms with Crippen LogP contribution in [0.25, 0.3) is 27.7 Å². The van der Waals surface area contributed by atoms with Gasteiger partial charge in [0.25, 0.3) is 0 Å². The number of benzene rings is 2. The van der Waals surface area contributed by atoms with E-state index in [2.05, 4.69) is 15.4 Å². The molecule has 6 nitrogen and oxygen atoms in total. The molecule has 1 amide bonds. The summed E-state index contributed by atoms with van der Waals surface area (Å²) in [5, 5.41) is 15.7. The number of aromatic nitrogens is 3. The highest BCUT2D eigenvalue weighted by molar-refractivity contribution is 6.03. The van der Waals surface area contributed by atoms with E-state index < -0.39 is 36.3 Å². The smallest absolute Gasteiger partial charge is 0.395 e. The number of hydrogen-bond acceptors (Lipinski definition) is 3. The number of carbonyl (C=O) groups is 1. The van der Waals surface area contributed by atoms with Gasteiger partial charge in [-0.15, -0.1) is 0 Å². The number of nitrogens with zero attached hydrogens (tertiary/aromatic N) is 2. The SMILES string of the molecule is O=C(Nc1c[nH]c2ccc(-c3cnn(-c4ccc(C(F)(F)F)cc4)c3)cc12)C(CO)C(F)(F)F. The Kier molecular flexibility index (Phi) is 5.86. The predicted molar refractivity (Wildman–Crippen MR) is 111 cm³/mol. The van der Waals surface area contributed by atoms with E-state index in [4.69, 9.17) is 5.11 Å². The van der Waals surface area contributed by atoms with Crippen molar-refractivity contribution in [2.75, 3.05) is 11.9 Å². The molecule has 1 atom stereocenters. The van der Waals surface area contributed by atoms with Crippen LogP contribution in [0.1, 0.15) is 5.56 Å². The summed E-state index contributed by atoms with van der Waals surface area (Å²) in [4.78, 5) is 14.9. The molecule has 2 heterocycles. The van der Waals surface area contributed by atoms with Gasteiger partial charge >= 0.3 is 12.4 Å². The van der Waals surface area contributed by atoms with Crippen LogP contribution >= 0.6 is 0 Å². The minimum absolute atomic E-state index is 0.0969. The van der Waals surface area contributed by atoms with Gasteiger partial charge < -0.3 is 15.4 Å². The van der Waals surface area contributed by atoms with Gasteiger partial charge in [-0.25, -0.2) is 4.68 Å². The summed E-state index contributed by atoms with van der Waals surface area (Å²) >= 11 is 0. The van der Waals surface area contributed by atoms with Gasteiger partial charge in [-0.05, 0) is 42.0 Å². The number of anilines is 1. The monoisotopic (exact) mass is 482 g/mol. The first-order chi connectivity index (χ1) is 16.0. The van der Waals surface area contributed by atoms with Crippen molar-refractivity contribution >= 4 is 22.5 Å². The Balaban J connectivity index is 1.60. The van der Waals surface area contributed by atoms with Crippen LogP contribution in [0.15, 0.2) is 61.1 Å². The first-order valence-corrected chi connectivity index (χ1v) is 9.79. The van der Waals surface area contributed by atoms with E-state index in [-0.39, 0.29) is 5.69 Å². The molecule has 0 aliphatic rings. The minimum atomic E-state index is -4.90. The van der Waals surface area contributed by atoms with Crippen LogP contribution in [0.4, 0.5) is 32.0 Å². The maximum Gasteiger partial charge on any atom is 0.416 e. The second-order valence-electron chi connectivity index (χ2n) is 7.45. The molecule has 4 rings (SSSR count). The zero-order valence-corrected chi connectivity index (χ0v) is 17.1. The molecule has 0 bridgehead atoms. The number of nitrogens with one attached hydrogen (secondary N) is 2. The van der Waals surface area contributed by atoms with E-state index in [1.165, 1.54) is 29.2 Å². The fourth-order valence-electron chi connectivity index (χ4n) is 3.37. The maximum atomic E-state index is 12.9. The third kappa shape index (κ3) is 4.62. The van der Waals surface area contributed by atoms with Crippen molar-refractivity contribution in [3.05, 3.63) is 66.6 Å². The molecule has 0 saturated heterocycles. The van der Waals surface area contributed by atoms with Gasteiger partial charge in [0, 0.05) is 28.9 Å². The minimum Gasteiger partial charge on any atom is -0.395 e. The number of rotatable bonds is 5. The molecule has 3 N–H and O–H groups in total. The third-order valence-corrected chi connectivity index (χ3v) is 5.21. The highest BCUT2D eigenvalue weighted by Crippen LogP contribution is 2.32. The molecule has 2 aromatic heterocycles. The number of aromatic amines is 1. The van der Waals surface area contributed by atoms with Crippen molar-refractivity contribution in [2.45, 2.75) is 12.4 Å². The van der Waals surface area contributed by atoms with Gasteiger partial charge in [-0.1, -0.05) is 6.07 Å². The van der Waals surface area contributed by atoms with Crippen LogP contribution in [0.2, 0.25) is 0 Å². The van der Waals surface area contributed by atoms with Gasteiger partial charge in [0.15, 0.2) is 5.92 Å². The molecular weight excluding hydrogens is 466 g/mol. The molecule has 178 valence electrons. The van der Waals surface area contributed by atoms with Gasteiger partial charge in [-0.3, -0.25) is 4.79 Å². The van der Waals surface area contributed by atoms with E-state index in [9.17, 15) is 31.1 Å². The fourth-order valence-corrected chi connectivity index (χ4v) is 3.37. The summed E-state index contributed by atoms with van der Waals surface area (Å²) in [6, 6.07) is 9.43. The molecule has 0 fully saturated rings. The molecular formula is C22H16F6N4O2. The van der Waals surface area contributed by atoms with Crippen molar-refractivity contribution in [2.24, 2.45) is 5.92 Å². The van der Waals surface area contributed by atoms with Crippen LogP contribution in [-0.2, 0) is 11.0 Å². The first kappa shape index (κ1) is 23.4. The molecule has 12 heteroatoms. The lowest BCUT2D eigenvalue weighted by Gasteiger charge is -2.17. The number of hydrogen-bond donors (Lipinski definition) is 3. The van der Waals surface area contributed by atoms with E-state index in [1.807, 2.05) is 0 Å². The Labute approximate surface area is 187 Å². The van der Waals surface area contributed by atoms with Crippen LogP contribution in [0, 0.1) is 5.92 Å². The highest BCUT2D eigenvalue weighted by Gasteiger charge is 2.44. The quantitative estimate of drug-likeness (QED) is 0.344. The number of halogens is 6. The van der Waals surface area contributed by atoms with Gasteiger partial charge in [-0.2, -0.15) is 31.4 Å². The number of alkyl halides is 6. The summed E-state index contributed by atoms with van der Waals surface area (Å²) in [6.07, 6.45) is -4.95. The number of fused-ring (bicyclic) bond motifs is 1. The Hall–Kier alpha value is -3.80. The van der Waals surface area contributed by atoms with Gasteiger partial charge in [0.2, 0.25) is 5.91 Å². The normalized spacial score (nSPS) is 13.3. The van der Waals surface area contributed by atoms with Crippen molar-refractivity contribution in [3.8, 4) is 16.8 Å². The number of carbonyl (C=O) groups excluding carboxylic acids is 1. The van der Waals surface area contributed by atoms with E-state index in [0.717, 1.165) is 12.1 Å². The van der Waals surface area contributed by atoms with E-state index in [0.29, 0.717) is 27.7 Å². The largest absolute Gasteiger partial charge is 0.416 e. The van der Waals surface area contributed by atoms with Crippen LogP contribution < -0.4 is 5.32 Å². The number of amides is 1. The zero-order valence-electron chi connectivity index (χ0n) is 17.1. The first-order valence-electron chi connectivity index (χ1n) is 9.79. The van der Waals surface area contributed by atoms with Crippen molar-refractivity contribution < 1.29 is 36.2 Å². The van der Waals surface area contributed by atoms with Crippen LogP contribution in [0.3, 0.4) is 0 Å². The molecule has 1 unspecified atom stereocenters. The average molecular weight is 482 g/mol. The van der Waals surface area contributed by atoms with Crippen molar-refractivity contribution in [3.63, 3.8) is 0 Å². The number of aliphatic hydroxyl groups excluding tert-OH is 1. The highest BCUT2D eigenvalue weighted by atomic mass is 19.4. The topological polar surface area (TPSA) is 82.9 Å².